The molecule has 45 heavy (non-hydrogen) atoms. The predicted octanol–water partition coefficient (Wildman–Crippen LogP) is 3.49. The van der Waals surface area contributed by atoms with Gasteiger partial charge in [0, 0.05) is 37.8 Å². The molecule has 0 spiro atoms. The highest BCUT2D eigenvalue weighted by molar-refractivity contribution is 5.98. The highest BCUT2D eigenvalue weighted by atomic mass is 16.2. The third-order valence-electron chi connectivity index (χ3n) is 7.43. The number of carbonyl (C=O) groups excluding carboxylic acids is 3. The lowest BCUT2D eigenvalue weighted by molar-refractivity contribution is -0.124. The number of nitrogens with one attached hydrogen (secondary N) is 3. The van der Waals surface area contributed by atoms with Crippen molar-refractivity contribution in [2.45, 2.75) is 90.6 Å². The molecule has 244 valence electrons. The molecule has 0 aliphatic carbocycles. The van der Waals surface area contributed by atoms with E-state index in [9.17, 15) is 14.4 Å². The highest BCUT2D eigenvalue weighted by Gasteiger charge is 2.22. The second kappa shape index (κ2) is 18.3. The average Bonchev–Trinajstić information content (AvgIpc) is 3.03. The van der Waals surface area contributed by atoms with E-state index in [0.717, 1.165) is 57.1 Å². The van der Waals surface area contributed by atoms with Crippen LogP contribution in [0.5, 0.6) is 0 Å². The average molecular weight is 621 g/mol. The first-order chi connectivity index (χ1) is 21.7. The van der Waals surface area contributed by atoms with Crippen molar-refractivity contribution in [2.75, 3.05) is 36.5 Å². The number of benzene rings is 1. The number of nitrogens with two attached hydrogens (primary N) is 2. The quantitative estimate of drug-likeness (QED) is 0.124. The summed E-state index contributed by atoms with van der Waals surface area (Å²) in [7, 11) is 1.89. The van der Waals surface area contributed by atoms with Crippen LogP contribution in [0.4, 0.5) is 17.5 Å². The summed E-state index contributed by atoms with van der Waals surface area (Å²) in [5.74, 6) is -0.584. The topological polar surface area (TPSA) is 194 Å². The van der Waals surface area contributed by atoms with Crippen LogP contribution in [0.1, 0.15) is 94.1 Å². The maximum absolute atomic E-state index is 13.2. The monoisotopic (exact) mass is 620 g/mol. The van der Waals surface area contributed by atoms with E-state index in [1.165, 1.54) is 0 Å². The Bertz CT molecular complexity index is 1400. The van der Waals surface area contributed by atoms with E-state index < -0.39 is 6.04 Å². The van der Waals surface area contributed by atoms with E-state index in [1.807, 2.05) is 24.1 Å². The molecule has 0 aliphatic heterocycles. The summed E-state index contributed by atoms with van der Waals surface area (Å²) in [6, 6.07) is 6.21. The number of aromatic nitrogens is 4. The first-order valence-electron chi connectivity index (χ1n) is 15.9. The Balaban J connectivity index is 1.60. The van der Waals surface area contributed by atoms with Crippen molar-refractivity contribution in [3.63, 3.8) is 0 Å². The van der Waals surface area contributed by atoms with Gasteiger partial charge in [0.25, 0.3) is 5.91 Å². The Labute approximate surface area is 265 Å². The summed E-state index contributed by atoms with van der Waals surface area (Å²) in [6.07, 6.45) is 10.3. The molecule has 0 aliphatic rings. The summed E-state index contributed by atoms with van der Waals surface area (Å²) >= 11 is 0. The molecule has 7 N–H and O–H groups in total. The predicted molar refractivity (Wildman–Crippen MR) is 177 cm³/mol. The third kappa shape index (κ3) is 11.5. The number of nitrogen functional groups attached to an aromatic ring is 2. The molecular formula is C32H48N10O3. The minimum Gasteiger partial charge on any atom is -0.382 e. The molecule has 0 fully saturated rings. The number of hydrogen-bond acceptors (Lipinski definition) is 10. The summed E-state index contributed by atoms with van der Waals surface area (Å²) in [5.41, 5.74) is 14.2. The second-order valence-electron chi connectivity index (χ2n) is 11.2. The lowest BCUT2D eigenvalue weighted by Gasteiger charge is -2.20. The molecule has 13 nitrogen and oxygen atoms in total. The molecule has 1 atom stereocenters. The summed E-state index contributed by atoms with van der Waals surface area (Å²) in [4.78, 5) is 57.4. The van der Waals surface area contributed by atoms with Crippen molar-refractivity contribution in [1.82, 2.24) is 35.9 Å². The Hall–Kier alpha value is -4.55. The second-order valence-corrected chi connectivity index (χ2v) is 11.2. The number of anilines is 3. The Morgan fingerprint density at radius 3 is 2.20 bits per heavy atom. The van der Waals surface area contributed by atoms with Gasteiger partial charge < -0.3 is 32.3 Å². The van der Waals surface area contributed by atoms with Crippen molar-refractivity contribution in [3.8, 4) is 0 Å². The van der Waals surface area contributed by atoms with Crippen molar-refractivity contribution in [3.05, 3.63) is 41.7 Å². The van der Waals surface area contributed by atoms with Crippen LogP contribution in [0.2, 0.25) is 0 Å². The zero-order chi connectivity index (χ0) is 32.6. The smallest absolute Gasteiger partial charge is 0.251 e. The van der Waals surface area contributed by atoms with Crippen LogP contribution in [0.3, 0.4) is 0 Å². The standard InChI is InChI=1S/C32H48N10O3/c1-4-6-8-10-18-35-26(43)17-16-25(31(45)36-19-11-9-7-5-2)39-30(44)22-12-14-24(15-13-22)42(3)21-23-20-37-29-27(38-23)28(33)40-32(34)41-29/h12-15,20,25H,4-11,16-19,21H2,1-3H3,(H,35,43)(H,36,45)(H,39,44)(H4,33,34,37,40,41)/t25-/m0/s1. The van der Waals surface area contributed by atoms with Crippen molar-refractivity contribution in [1.29, 1.82) is 0 Å². The number of amides is 3. The fourth-order valence-electron chi connectivity index (χ4n) is 4.80. The first kappa shape index (κ1) is 34.9. The first-order valence-corrected chi connectivity index (χ1v) is 15.9. The summed E-state index contributed by atoms with van der Waals surface area (Å²) in [5, 5.41) is 8.69. The molecule has 0 bridgehead atoms. The van der Waals surface area contributed by atoms with E-state index >= 15 is 0 Å². The van der Waals surface area contributed by atoms with Crippen LogP contribution in [0, 0.1) is 0 Å². The van der Waals surface area contributed by atoms with E-state index in [4.69, 9.17) is 11.5 Å². The van der Waals surface area contributed by atoms with Gasteiger partial charge in [0.1, 0.15) is 6.04 Å². The van der Waals surface area contributed by atoms with Gasteiger partial charge in [-0.1, -0.05) is 52.4 Å². The molecule has 0 unspecified atom stereocenters. The third-order valence-corrected chi connectivity index (χ3v) is 7.43. The number of carbonyl (C=O) groups is 3. The molecule has 13 heteroatoms. The molecule has 3 amide bonds. The lowest BCUT2D eigenvalue weighted by atomic mass is 10.1. The number of unbranched alkanes of at least 4 members (excludes halogenated alkanes) is 6. The molecule has 3 aromatic rings. The van der Waals surface area contributed by atoms with Gasteiger partial charge in [-0.15, -0.1) is 0 Å². The van der Waals surface area contributed by atoms with E-state index in [2.05, 4.69) is 49.7 Å². The van der Waals surface area contributed by atoms with Crippen molar-refractivity contribution < 1.29 is 14.4 Å². The molecule has 0 saturated heterocycles. The fourth-order valence-corrected chi connectivity index (χ4v) is 4.80. The summed E-state index contributed by atoms with van der Waals surface area (Å²) in [6.45, 7) is 5.84. The maximum atomic E-state index is 13.2. The number of hydrogen-bond donors (Lipinski definition) is 5. The van der Waals surface area contributed by atoms with Crippen molar-refractivity contribution >= 4 is 46.3 Å². The fraction of sp³-hybridized carbons (Fsp3) is 0.531. The van der Waals surface area contributed by atoms with Gasteiger partial charge in [-0.2, -0.15) is 9.97 Å². The number of fused-ring (bicyclic) bond motifs is 1. The SMILES string of the molecule is CCCCCCNC(=O)CC[C@H](NC(=O)c1ccc(N(C)Cc2cnc3nc(N)nc(N)c3n2)cc1)C(=O)NCCCCCC. The minimum absolute atomic E-state index is 0.0383. The largest absolute Gasteiger partial charge is 0.382 e. The number of rotatable bonds is 19. The minimum atomic E-state index is -0.824. The highest BCUT2D eigenvalue weighted by Crippen LogP contribution is 2.19. The van der Waals surface area contributed by atoms with Gasteiger partial charge in [0.15, 0.2) is 17.0 Å². The molecule has 1 aromatic carbocycles. The zero-order valence-corrected chi connectivity index (χ0v) is 26.8. The van der Waals surface area contributed by atoms with E-state index in [1.54, 1.807) is 18.3 Å². The molecule has 0 saturated carbocycles. The van der Waals surface area contributed by atoms with Crippen LogP contribution in [-0.4, -0.2) is 63.8 Å². The van der Waals surface area contributed by atoms with Crippen molar-refractivity contribution in [2.24, 2.45) is 0 Å². The van der Waals surface area contributed by atoms with E-state index in [-0.39, 0.29) is 42.3 Å². The van der Waals surface area contributed by atoms with E-state index in [0.29, 0.717) is 42.1 Å². The van der Waals surface area contributed by atoms with Crippen LogP contribution in [0.25, 0.3) is 11.2 Å². The molecule has 2 heterocycles. The molecule has 3 rings (SSSR count). The van der Waals surface area contributed by atoms with Crippen LogP contribution >= 0.6 is 0 Å². The Morgan fingerprint density at radius 2 is 1.53 bits per heavy atom. The van der Waals surface area contributed by atoms with Gasteiger partial charge in [-0.25, -0.2) is 9.97 Å². The van der Waals surface area contributed by atoms with Crippen LogP contribution in [-0.2, 0) is 16.1 Å². The zero-order valence-electron chi connectivity index (χ0n) is 26.8. The summed E-state index contributed by atoms with van der Waals surface area (Å²) < 4.78 is 0. The van der Waals surface area contributed by atoms with Gasteiger partial charge in [-0.3, -0.25) is 14.4 Å². The van der Waals surface area contributed by atoms with Gasteiger partial charge in [0.05, 0.1) is 18.4 Å². The van der Waals surface area contributed by atoms with Gasteiger partial charge in [0.2, 0.25) is 17.8 Å². The number of nitrogens with zero attached hydrogens (tertiary/aromatic N) is 5. The van der Waals surface area contributed by atoms with Gasteiger partial charge in [-0.05, 0) is 43.5 Å². The molecule has 0 radical (unpaired) electrons. The molecule has 2 aromatic heterocycles. The Morgan fingerprint density at radius 1 is 0.867 bits per heavy atom. The van der Waals surface area contributed by atoms with Gasteiger partial charge >= 0.3 is 0 Å². The lowest BCUT2D eigenvalue weighted by Crippen LogP contribution is -2.47. The Kier molecular flexibility index (Phi) is 14.2. The normalized spacial score (nSPS) is 11.6. The van der Waals surface area contributed by atoms with Crippen LogP contribution in [0.15, 0.2) is 30.5 Å². The molecular weight excluding hydrogens is 572 g/mol. The van der Waals surface area contributed by atoms with Crippen LogP contribution < -0.4 is 32.3 Å². The maximum Gasteiger partial charge on any atom is 0.251 e.